The first-order valence-corrected chi connectivity index (χ1v) is 6.99. The maximum absolute atomic E-state index is 12.5. The summed E-state index contributed by atoms with van der Waals surface area (Å²) in [6.07, 6.45) is -5.13. The maximum Gasteiger partial charge on any atom is 0.416 e. The largest absolute Gasteiger partial charge is 0.479 e. The molecule has 2 aromatic rings. The third-order valence-corrected chi connectivity index (χ3v) is 3.09. The molecule has 0 aliphatic heterocycles. The molecule has 0 bridgehead atoms. The van der Waals surface area contributed by atoms with Gasteiger partial charge in [-0.15, -0.1) is 0 Å². The van der Waals surface area contributed by atoms with Crippen LogP contribution < -0.4 is 9.47 Å². The van der Waals surface area contributed by atoms with Gasteiger partial charge in [0.2, 0.25) is 0 Å². The molecule has 0 fully saturated rings. The Labute approximate surface area is 136 Å². The minimum Gasteiger partial charge on any atom is -0.479 e. The fraction of sp³-hybridized carbons (Fsp3) is 0.235. The number of hydrogen-bond donors (Lipinski definition) is 0. The number of carbonyl (C=O) groups excluding carboxylic acids is 1. The molecule has 0 amide bonds. The molecule has 1 unspecified atom stereocenters. The summed E-state index contributed by atoms with van der Waals surface area (Å²) in [5.74, 6) is 0.639. The van der Waals surface area contributed by atoms with Gasteiger partial charge in [-0.3, -0.25) is 0 Å². The standard InChI is InChI=1S/C17H15F3O4/c1-11(16(21)22-2)23-13-7-9-15(10-8-13)24-14-5-3-12(4-6-14)17(18,19)20/h3-11H,1-2H3. The Balaban J connectivity index is 2.00. The lowest BCUT2D eigenvalue weighted by Gasteiger charge is -2.13. The van der Waals surface area contributed by atoms with Crippen LogP contribution in [0.15, 0.2) is 48.5 Å². The second kappa shape index (κ2) is 7.25. The van der Waals surface area contributed by atoms with E-state index in [4.69, 9.17) is 9.47 Å². The number of hydrogen-bond acceptors (Lipinski definition) is 4. The fourth-order valence-electron chi connectivity index (χ4n) is 1.85. The summed E-state index contributed by atoms with van der Waals surface area (Å²) in [6, 6.07) is 10.7. The molecule has 0 aromatic heterocycles. The third kappa shape index (κ3) is 4.65. The monoisotopic (exact) mass is 340 g/mol. The average molecular weight is 340 g/mol. The lowest BCUT2D eigenvalue weighted by Crippen LogP contribution is -2.24. The zero-order valence-electron chi connectivity index (χ0n) is 13.0. The lowest BCUT2D eigenvalue weighted by atomic mass is 10.2. The van der Waals surface area contributed by atoms with E-state index >= 15 is 0 Å². The summed E-state index contributed by atoms with van der Waals surface area (Å²) >= 11 is 0. The Morgan fingerprint density at radius 1 is 0.917 bits per heavy atom. The molecule has 7 heteroatoms. The number of rotatable bonds is 5. The average Bonchev–Trinajstić information content (AvgIpc) is 2.55. The Hall–Kier alpha value is -2.70. The van der Waals surface area contributed by atoms with Crippen molar-refractivity contribution >= 4 is 5.97 Å². The predicted molar refractivity (Wildman–Crippen MR) is 80.1 cm³/mol. The molecule has 1 atom stereocenters. The van der Waals surface area contributed by atoms with Crippen LogP contribution in [0.25, 0.3) is 0 Å². The summed E-state index contributed by atoms with van der Waals surface area (Å²) < 4.78 is 52.9. The van der Waals surface area contributed by atoms with Crippen molar-refractivity contribution in [1.29, 1.82) is 0 Å². The number of ether oxygens (including phenoxy) is 3. The molecule has 0 aliphatic rings. The third-order valence-electron chi connectivity index (χ3n) is 3.09. The van der Waals surface area contributed by atoms with Crippen molar-refractivity contribution in [3.8, 4) is 17.2 Å². The van der Waals surface area contributed by atoms with Crippen molar-refractivity contribution in [2.24, 2.45) is 0 Å². The van der Waals surface area contributed by atoms with E-state index < -0.39 is 23.8 Å². The van der Waals surface area contributed by atoms with Gasteiger partial charge >= 0.3 is 12.1 Å². The van der Waals surface area contributed by atoms with Gasteiger partial charge < -0.3 is 14.2 Å². The van der Waals surface area contributed by atoms with Crippen LogP contribution in [0.1, 0.15) is 12.5 Å². The Morgan fingerprint density at radius 3 is 1.83 bits per heavy atom. The summed E-state index contributed by atoms with van der Waals surface area (Å²) in [6.45, 7) is 1.55. The Kier molecular flexibility index (Phi) is 5.33. The number of carbonyl (C=O) groups is 1. The Bertz CT molecular complexity index is 678. The molecule has 0 aliphatic carbocycles. The van der Waals surface area contributed by atoms with Crippen LogP contribution in [-0.4, -0.2) is 19.2 Å². The number of methoxy groups -OCH3 is 1. The van der Waals surface area contributed by atoms with Gasteiger partial charge in [0, 0.05) is 0 Å². The first-order chi connectivity index (χ1) is 11.3. The molecule has 0 heterocycles. The van der Waals surface area contributed by atoms with Crippen LogP contribution >= 0.6 is 0 Å². The van der Waals surface area contributed by atoms with E-state index in [1.807, 2.05) is 0 Å². The molecule has 0 radical (unpaired) electrons. The van der Waals surface area contributed by atoms with E-state index in [1.54, 1.807) is 31.2 Å². The highest BCUT2D eigenvalue weighted by atomic mass is 19.4. The first kappa shape index (κ1) is 17.7. The molecule has 24 heavy (non-hydrogen) atoms. The fourth-order valence-corrected chi connectivity index (χ4v) is 1.85. The summed E-state index contributed by atoms with van der Waals surface area (Å²) in [4.78, 5) is 11.3. The number of halogens is 3. The van der Waals surface area contributed by atoms with Crippen molar-refractivity contribution in [2.45, 2.75) is 19.2 Å². The van der Waals surface area contributed by atoms with E-state index in [2.05, 4.69) is 4.74 Å². The predicted octanol–water partition coefficient (Wildman–Crippen LogP) is 4.44. The SMILES string of the molecule is COC(=O)C(C)Oc1ccc(Oc2ccc(C(F)(F)F)cc2)cc1. The Morgan fingerprint density at radius 2 is 1.38 bits per heavy atom. The van der Waals surface area contributed by atoms with Gasteiger partial charge in [-0.1, -0.05) is 0 Å². The van der Waals surface area contributed by atoms with E-state index in [0.29, 0.717) is 11.5 Å². The van der Waals surface area contributed by atoms with E-state index in [9.17, 15) is 18.0 Å². The molecule has 2 rings (SSSR count). The molecule has 0 N–H and O–H groups in total. The molecule has 0 spiro atoms. The number of esters is 1. The van der Waals surface area contributed by atoms with Crippen molar-refractivity contribution in [3.63, 3.8) is 0 Å². The van der Waals surface area contributed by atoms with Gasteiger partial charge in [-0.05, 0) is 55.5 Å². The zero-order chi connectivity index (χ0) is 17.7. The van der Waals surface area contributed by atoms with E-state index in [0.717, 1.165) is 12.1 Å². The second-order valence-electron chi connectivity index (χ2n) is 4.88. The van der Waals surface area contributed by atoms with Crippen LogP contribution in [-0.2, 0) is 15.7 Å². The van der Waals surface area contributed by atoms with Gasteiger partial charge in [0.1, 0.15) is 17.2 Å². The van der Waals surface area contributed by atoms with Crippen molar-refractivity contribution in [2.75, 3.05) is 7.11 Å². The maximum atomic E-state index is 12.5. The molecule has 0 saturated carbocycles. The minimum absolute atomic E-state index is 0.277. The second-order valence-corrected chi connectivity index (χ2v) is 4.88. The number of alkyl halides is 3. The highest BCUT2D eigenvalue weighted by Crippen LogP contribution is 2.31. The lowest BCUT2D eigenvalue weighted by molar-refractivity contribution is -0.147. The summed E-state index contributed by atoms with van der Waals surface area (Å²) in [7, 11) is 1.27. The number of benzene rings is 2. The first-order valence-electron chi connectivity index (χ1n) is 6.99. The van der Waals surface area contributed by atoms with Gasteiger partial charge in [-0.25, -0.2) is 4.79 Å². The van der Waals surface area contributed by atoms with Crippen molar-refractivity contribution in [3.05, 3.63) is 54.1 Å². The van der Waals surface area contributed by atoms with E-state index in [-0.39, 0.29) is 5.75 Å². The smallest absolute Gasteiger partial charge is 0.416 e. The molecule has 0 saturated heterocycles. The quantitative estimate of drug-likeness (QED) is 0.755. The van der Waals surface area contributed by atoms with E-state index in [1.165, 1.54) is 19.2 Å². The van der Waals surface area contributed by atoms with Gasteiger partial charge in [0.15, 0.2) is 6.10 Å². The summed E-state index contributed by atoms with van der Waals surface area (Å²) in [5.41, 5.74) is -0.740. The highest BCUT2D eigenvalue weighted by molar-refractivity contribution is 5.74. The van der Waals surface area contributed by atoms with Crippen LogP contribution in [0.4, 0.5) is 13.2 Å². The molecular weight excluding hydrogens is 325 g/mol. The summed E-state index contributed by atoms with van der Waals surface area (Å²) in [5, 5.41) is 0. The minimum atomic E-state index is -4.38. The van der Waals surface area contributed by atoms with Crippen LogP contribution in [0.5, 0.6) is 17.2 Å². The topological polar surface area (TPSA) is 44.8 Å². The molecule has 4 nitrogen and oxygen atoms in total. The normalized spacial score (nSPS) is 12.4. The van der Waals surface area contributed by atoms with Gasteiger partial charge in [0.05, 0.1) is 12.7 Å². The highest BCUT2D eigenvalue weighted by Gasteiger charge is 2.30. The van der Waals surface area contributed by atoms with Crippen LogP contribution in [0.3, 0.4) is 0 Å². The molecular formula is C17H15F3O4. The van der Waals surface area contributed by atoms with Crippen LogP contribution in [0, 0.1) is 0 Å². The van der Waals surface area contributed by atoms with Crippen LogP contribution in [0.2, 0.25) is 0 Å². The van der Waals surface area contributed by atoms with Gasteiger partial charge in [0.25, 0.3) is 0 Å². The van der Waals surface area contributed by atoms with Crippen molar-refractivity contribution in [1.82, 2.24) is 0 Å². The molecule has 2 aromatic carbocycles. The molecule has 128 valence electrons. The van der Waals surface area contributed by atoms with Crippen molar-refractivity contribution < 1.29 is 32.2 Å². The zero-order valence-corrected chi connectivity index (χ0v) is 13.0. The van der Waals surface area contributed by atoms with Gasteiger partial charge in [-0.2, -0.15) is 13.2 Å².